The molecule has 1 aliphatic rings. The van der Waals surface area contributed by atoms with E-state index in [4.69, 9.17) is 16.0 Å². The van der Waals surface area contributed by atoms with Gasteiger partial charge in [0.05, 0.1) is 0 Å². The third-order valence-electron chi connectivity index (χ3n) is 7.51. The Morgan fingerprint density at radius 1 is 0.583 bits per heavy atom. The van der Waals surface area contributed by atoms with E-state index in [0.29, 0.717) is 5.02 Å². The Kier molecular flexibility index (Phi) is 4.58. The zero-order valence-electron chi connectivity index (χ0n) is 20.1. The van der Waals surface area contributed by atoms with Crippen molar-refractivity contribution in [3.05, 3.63) is 125 Å². The molecule has 7 rings (SSSR count). The van der Waals surface area contributed by atoms with Crippen molar-refractivity contribution in [1.29, 1.82) is 0 Å². The fourth-order valence-corrected chi connectivity index (χ4v) is 5.93. The highest BCUT2D eigenvalue weighted by molar-refractivity contribution is 6.30. The van der Waals surface area contributed by atoms with Gasteiger partial charge in [0.15, 0.2) is 0 Å². The third-order valence-corrected chi connectivity index (χ3v) is 7.75. The maximum atomic E-state index is 6.48. The average molecular weight is 486 g/mol. The second kappa shape index (κ2) is 7.74. The van der Waals surface area contributed by atoms with Crippen molar-refractivity contribution in [3.63, 3.8) is 0 Å². The first-order chi connectivity index (χ1) is 17.5. The second-order valence-corrected chi connectivity index (χ2v) is 10.4. The molecule has 0 aliphatic heterocycles. The Bertz CT molecular complexity index is 1800. The van der Waals surface area contributed by atoms with Crippen molar-refractivity contribution in [2.45, 2.75) is 19.3 Å². The second-order valence-electron chi connectivity index (χ2n) is 9.99. The molecule has 5 aromatic carbocycles. The number of rotatable bonds is 3. The number of hydrogen-bond acceptors (Lipinski definition) is 2. The topological polar surface area (TPSA) is 16.4 Å². The quantitative estimate of drug-likeness (QED) is 0.248. The molecule has 0 unspecified atom stereocenters. The molecule has 0 saturated heterocycles. The minimum absolute atomic E-state index is 0.0767. The van der Waals surface area contributed by atoms with Crippen LogP contribution < -0.4 is 4.90 Å². The Morgan fingerprint density at radius 2 is 1.28 bits per heavy atom. The highest BCUT2D eigenvalue weighted by Crippen LogP contribution is 2.50. The van der Waals surface area contributed by atoms with Crippen LogP contribution >= 0.6 is 11.6 Å². The average Bonchev–Trinajstić information content (AvgIpc) is 3.37. The summed E-state index contributed by atoms with van der Waals surface area (Å²) in [6, 6.07) is 38.2. The van der Waals surface area contributed by atoms with Crippen LogP contribution in [0.3, 0.4) is 0 Å². The Balaban J connectivity index is 1.45. The maximum absolute atomic E-state index is 6.48. The zero-order chi connectivity index (χ0) is 24.4. The van der Waals surface area contributed by atoms with Gasteiger partial charge in [0.2, 0.25) is 0 Å². The number of anilines is 3. The van der Waals surface area contributed by atoms with E-state index in [1.54, 1.807) is 0 Å². The fraction of sp³-hybridized carbons (Fsp3) is 0.0909. The highest BCUT2D eigenvalue weighted by Gasteiger charge is 2.35. The predicted molar refractivity (Wildman–Crippen MR) is 151 cm³/mol. The van der Waals surface area contributed by atoms with Crippen LogP contribution in [0, 0.1) is 0 Å². The van der Waals surface area contributed by atoms with E-state index in [1.165, 1.54) is 22.3 Å². The molecule has 1 aromatic heterocycles. The smallest absolute Gasteiger partial charge is 0.135 e. The SMILES string of the molecule is CC1(C)c2ccccc2-c2ccc(N(c3cccc(Cl)c3)c3ccc4oc5ccccc5c4c3)cc21. The van der Waals surface area contributed by atoms with E-state index < -0.39 is 0 Å². The van der Waals surface area contributed by atoms with E-state index in [-0.39, 0.29) is 5.41 Å². The normalized spacial score (nSPS) is 13.6. The molecular formula is C33H24ClNO. The molecule has 0 radical (unpaired) electrons. The van der Waals surface area contributed by atoms with Crippen LogP contribution in [0.25, 0.3) is 33.1 Å². The first kappa shape index (κ1) is 21.3. The molecule has 174 valence electrons. The summed E-state index contributed by atoms with van der Waals surface area (Å²) >= 11 is 6.48. The monoisotopic (exact) mass is 485 g/mol. The maximum Gasteiger partial charge on any atom is 0.135 e. The van der Waals surface area contributed by atoms with E-state index in [9.17, 15) is 0 Å². The van der Waals surface area contributed by atoms with Crippen molar-refractivity contribution in [2.24, 2.45) is 0 Å². The van der Waals surface area contributed by atoms with Gasteiger partial charge >= 0.3 is 0 Å². The minimum Gasteiger partial charge on any atom is -0.456 e. The van der Waals surface area contributed by atoms with Gasteiger partial charge < -0.3 is 9.32 Å². The predicted octanol–water partition coefficient (Wildman–Crippen LogP) is 10.0. The van der Waals surface area contributed by atoms with Gasteiger partial charge in [0.1, 0.15) is 11.2 Å². The van der Waals surface area contributed by atoms with E-state index in [2.05, 4.69) is 97.6 Å². The van der Waals surface area contributed by atoms with Crippen LogP contribution in [0.4, 0.5) is 17.1 Å². The lowest BCUT2D eigenvalue weighted by Gasteiger charge is -2.28. The number of fused-ring (bicyclic) bond motifs is 6. The summed E-state index contributed by atoms with van der Waals surface area (Å²) in [5.74, 6) is 0. The van der Waals surface area contributed by atoms with E-state index in [0.717, 1.165) is 39.0 Å². The summed E-state index contributed by atoms with van der Waals surface area (Å²) in [4.78, 5) is 2.28. The van der Waals surface area contributed by atoms with Crippen LogP contribution in [0.15, 0.2) is 114 Å². The summed E-state index contributed by atoms with van der Waals surface area (Å²) in [5.41, 5.74) is 10.2. The van der Waals surface area contributed by atoms with Crippen molar-refractivity contribution in [1.82, 2.24) is 0 Å². The van der Waals surface area contributed by atoms with Gasteiger partial charge in [-0.2, -0.15) is 0 Å². The summed E-state index contributed by atoms with van der Waals surface area (Å²) in [7, 11) is 0. The number of halogens is 1. The van der Waals surface area contributed by atoms with Gasteiger partial charge in [-0.15, -0.1) is 0 Å². The van der Waals surface area contributed by atoms with Crippen LogP contribution in [-0.4, -0.2) is 0 Å². The van der Waals surface area contributed by atoms with Crippen LogP contribution in [0.2, 0.25) is 5.02 Å². The van der Waals surface area contributed by atoms with E-state index in [1.807, 2.05) is 30.3 Å². The molecule has 1 aliphatic carbocycles. The Morgan fingerprint density at radius 3 is 2.17 bits per heavy atom. The summed E-state index contributed by atoms with van der Waals surface area (Å²) in [5, 5.41) is 2.93. The molecule has 3 heteroatoms. The van der Waals surface area contributed by atoms with Crippen LogP contribution in [0.5, 0.6) is 0 Å². The van der Waals surface area contributed by atoms with Gasteiger partial charge in [-0.05, 0) is 76.9 Å². The molecule has 0 saturated carbocycles. The van der Waals surface area contributed by atoms with Gasteiger partial charge in [0, 0.05) is 38.3 Å². The largest absolute Gasteiger partial charge is 0.456 e. The number of hydrogen-bond donors (Lipinski definition) is 0. The number of nitrogens with zero attached hydrogens (tertiary/aromatic N) is 1. The molecule has 0 spiro atoms. The molecular weight excluding hydrogens is 462 g/mol. The van der Waals surface area contributed by atoms with Gasteiger partial charge in [-0.25, -0.2) is 0 Å². The molecule has 0 N–H and O–H groups in total. The number of furan rings is 1. The standard InChI is InChI=1S/C33H24ClNO/c1-33(2)29-12-5-3-10-25(29)26-16-14-24(20-30(26)33)35(22-9-7-8-21(34)18-22)23-15-17-32-28(19-23)27-11-4-6-13-31(27)36-32/h3-20H,1-2H3. The fourth-order valence-electron chi connectivity index (χ4n) is 5.75. The van der Waals surface area contributed by atoms with Crippen molar-refractivity contribution in [2.75, 3.05) is 4.90 Å². The lowest BCUT2D eigenvalue weighted by molar-refractivity contribution is 0.660. The lowest BCUT2D eigenvalue weighted by Crippen LogP contribution is -2.16. The van der Waals surface area contributed by atoms with E-state index >= 15 is 0 Å². The summed E-state index contributed by atoms with van der Waals surface area (Å²) in [6.45, 7) is 4.63. The van der Waals surface area contributed by atoms with Crippen molar-refractivity contribution < 1.29 is 4.42 Å². The summed E-state index contributed by atoms with van der Waals surface area (Å²) < 4.78 is 6.10. The first-order valence-electron chi connectivity index (χ1n) is 12.2. The number of para-hydroxylation sites is 1. The molecule has 6 aromatic rings. The molecule has 1 heterocycles. The highest BCUT2D eigenvalue weighted by atomic mass is 35.5. The molecule has 2 nitrogen and oxygen atoms in total. The van der Waals surface area contributed by atoms with Gasteiger partial charge in [-0.3, -0.25) is 0 Å². The first-order valence-corrected chi connectivity index (χ1v) is 12.6. The molecule has 0 amide bonds. The molecule has 0 atom stereocenters. The molecule has 0 fully saturated rings. The van der Waals surface area contributed by atoms with Crippen molar-refractivity contribution >= 4 is 50.6 Å². The van der Waals surface area contributed by atoms with Crippen LogP contribution in [-0.2, 0) is 5.41 Å². The summed E-state index contributed by atoms with van der Waals surface area (Å²) in [6.07, 6.45) is 0. The minimum atomic E-state index is -0.0767. The third kappa shape index (κ3) is 3.11. The molecule has 36 heavy (non-hydrogen) atoms. The lowest BCUT2D eigenvalue weighted by atomic mass is 9.82. The van der Waals surface area contributed by atoms with Crippen molar-refractivity contribution in [3.8, 4) is 11.1 Å². The Hall–Kier alpha value is -4.01. The zero-order valence-corrected chi connectivity index (χ0v) is 20.9. The Labute approximate surface area is 215 Å². The van der Waals surface area contributed by atoms with Crippen LogP contribution in [0.1, 0.15) is 25.0 Å². The van der Waals surface area contributed by atoms with Gasteiger partial charge in [-0.1, -0.05) is 80.0 Å². The van der Waals surface area contributed by atoms with Gasteiger partial charge in [0.25, 0.3) is 0 Å². The molecule has 0 bridgehead atoms. The number of benzene rings is 5.